The van der Waals surface area contributed by atoms with Gasteiger partial charge in [-0.3, -0.25) is 4.55 Å². The minimum Gasteiger partial charge on any atom is -0.328 e. The second-order valence-electron chi connectivity index (χ2n) is 1.53. The normalized spacial score (nSPS) is 15.4. The van der Waals surface area contributed by atoms with Crippen LogP contribution < -0.4 is 11.1 Å². The molecule has 6 heteroatoms. The molecule has 0 aromatic carbocycles. The van der Waals surface area contributed by atoms with Gasteiger partial charge in [-0.2, -0.15) is 8.42 Å². The molecular formula is C3H10N2O3S. The van der Waals surface area contributed by atoms with Gasteiger partial charge in [0, 0.05) is 6.54 Å². The van der Waals surface area contributed by atoms with Crippen molar-refractivity contribution in [2.75, 3.05) is 13.6 Å². The van der Waals surface area contributed by atoms with Crippen molar-refractivity contribution < 1.29 is 13.0 Å². The standard InChI is InChI=1S/C3H10N2O3S/c1-5-3(2-4)9(6,7)8/h3,5H,2,4H2,1H3,(H,6,7,8). The third-order valence-electron chi connectivity index (χ3n) is 0.896. The fraction of sp³-hybridized carbons (Fsp3) is 1.00. The molecule has 0 heterocycles. The minimum absolute atomic E-state index is 0.130. The fourth-order valence-corrected chi connectivity index (χ4v) is 0.929. The zero-order chi connectivity index (χ0) is 7.49. The van der Waals surface area contributed by atoms with Gasteiger partial charge < -0.3 is 11.1 Å². The summed E-state index contributed by atoms with van der Waals surface area (Å²) in [5.41, 5.74) is 4.97. The van der Waals surface area contributed by atoms with Gasteiger partial charge in [-0.1, -0.05) is 0 Å². The van der Waals surface area contributed by atoms with E-state index in [1.807, 2.05) is 0 Å². The molecule has 0 saturated carbocycles. The Morgan fingerprint density at radius 3 is 2.22 bits per heavy atom. The maximum Gasteiger partial charge on any atom is 0.282 e. The van der Waals surface area contributed by atoms with Crippen LogP contribution in [-0.2, 0) is 10.1 Å². The molecule has 0 aliphatic heterocycles. The molecule has 0 amide bonds. The maximum absolute atomic E-state index is 10.2. The molecule has 0 saturated heterocycles. The van der Waals surface area contributed by atoms with Crippen LogP contribution in [0.4, 0.5) is 0 Å². The zero-order valence-corrected chi connectivity index (χ0v) is 5.85. The zero-order valence-electron chi connectivity index (χ0n) is 5.03. The molecular weight excluding hydrogens is 144 g/mol. The average molecular weight is 154 g/mol. The van der Waals surface area contributed by atoms with E-state index in [1.54, 1.807) is 0 Å². The molecule has 5 nitrogen and oxygen atoms in total. The highest BCUT2D eigenvalue weighted by Crippen LogP contribution is 1.88. The highest BCUT2D eigenvalue weighted by atomic mass is 32.2. The number of hydrogen-bond donors (Lipinski definition) is 3. The molecule has 1 unspecified atom stereocenters. The second-order valence-corrected chi connectivity index (χ2v) is 3.13. The van der Waals surface area contributed by atoms with E-state index >= 15 is 0 Å². The predicted octanol–water partition coefficient (Wildman–Crippen LogP) is -1.62. The number of likely N-dealkylation sites (N-methyl/N-ethyl adjacent to an activating group) is 1. The van der Waals surface area contributed by atoms with Gasteiger partial charge in [0.15, 0.2) is 0 Å². The van der Waals surface area contributed by atoms with Crippen molar-refractivity contribution >= 4 is 10.1 Å². The van der Waals surface area contributed by atoms with E-state index in [0.29, 0.717) is 0 Å². The Hall–Kier alpha value is -0.170. The fourth-order valence-electron chi connectivity index (χ4n) is 0.388. The Balaban J connectivity index is 4.14. The lowest BCUT2D eigenvalue weighted by atomic mass is 10.6. The van der Waals surface area contributed by atoms with Gasteiger partial charge in [-0.25, -0.2) is 0 Å². The Bertz CT molecular complexity index is 160. The summed E-state index contributed by atoms with van der Waals surface area (Å²) in [5.74, 6) is 0. The lowest BCUT2D eigenvalue weighted by Gasteiger charge is -2.07. The molecule has 0 radical (unpaired) electrons. The Morgan fingerprint density at radius 1 is 1.78 bits per heavy atom. The van der Waals surface area contributed by atoms with Crippen molar-refractivity contribution in [3.05, 3.63) is 0 Å². The van der Waals surface area contributed by atoms with Gasteiger partial charge >= 0.3 is 0 Å². The maximum atomic E-state index is 10.2. The first-order valence-corrected chi connectivity index (χ1v) is 3.86. The Kier molecular flexibility index (Phi) is 3.06. The van der Waals surface area contributed by atoms with Crippen molar-refractivity contribution in [3.63, 3.8) is 0 Å². The van der Waals surface area contributed by atoms with Gasteiger partial charge in [0.25, 0.3) is 10.1 Å². The van der Waals surface area contributed by atoms with E-state index < -0.39 is 15.5 Å². The lowest BCUT2D eigenvalue weighted by molar-refractivity contribution is 0.458. The molecule has 0 aliphatic carbocycles. The van der Waals surface area contributed by atoms with Gasteiger partial charge in [0.05, 0.1) is 0 Å². The van der Waals surface area contributed by atoms with Crippen LogP contribution in [0, 0.1) is 0 Å². The van der Waals surface area contributed by atoms with E-state index in [4.69, 9.17) is 10.3 Å². The monoisotopic (exact) mass is 154 g/mol. The van der Waals surface area contributed by atoms with Crippen LogP contribution in [0.2, 0.25) is 0 Å². The highest BCUT2D eigenvalue weighted by Gasteiger charge is 2.17. The molecule has 1 atom stereocenters. The van der Waals surface area contributed by atoms with Crippen molar-refractivity contribution in [2.45, 2.75) is 5.37 Å². The summed E-state index contributed by atoms with van der Waals surface area (Å²) in [6.45, 7) is -0.130. The quantitative estimate of drug-likeness (QED) is 0.425. The molecule has 0 aliphatic rings. The van der Waals surface area contributed by atoms with Crippen LogP contribution in [0.15, 0.2) is 0 Å². The average Bonchev–Trinajstić information content (AvgIpc) is 1.65. The number of rotatable bonds is 3. The van der Waals surface area contributed by atoms with Crippen molar-refractivity contribution in [2.24, 2.45) is 5.73 Å². The topological polar surface area (TPSA) is 92.4 Å². The molecule has 0 bridgehead atoms. The summed E-state index contributed by atoms with van der Waals surface area (Å²) in [7, 11) is -2.59. The first-order valence-electron chi connectivity index (χ1n) is 2.36. The van der Waals surface area contributed by atoms with Crippen LogP contribution >= 0.6 is 0 Å². The summed E-state index contributed by atoms with van der Waals surface area (Å²) >= 11 is 0. The van der Waals surface area contributed by atoms with Crippen LogP contribution in [-0.4, -0.2) is 31.9 Å². The first kappa shape index (κ1) is 8.83. The number of hydrogen-bond acceptors (Lipinski definition) is 4. The van der Waals surface area contributed by atoms with Gasteiger partial charge in [-0.05, 0) is 7.05 Å². The Morgan fingerprint density at radius 2 is 2.22 bits per heavy atom. The molecule has 4 N–H and O–H groups in total. The smallest absolute Gasteiger partial charge is 0.282 e. The molecule has 0 aromatic rings. The van der Waals surface area contributed by atoms with Crippen LogP contribution in [0.5, 0.6) is 0 Å². The minimum atomic E-state index is -4.00. The van der Waals surface area contributed by atoms with E-state index in [9.17, 15) is 8.42 Å². The van der Waals surface area contributed by atoms with Crippen molar-refractivity contribution in [1.29, 1.82) is 0 Å². The van der Waals surface area contributed by atoms with Gasteiger partial charge in [0.1, 0.15) is 5.37 Å². The molecule has 0 aromatic heterocycles. The number of nitrogens with one attached hydrogen (secondary N) is 1. The molecule has 0 fully saturated rings. The summed E-state index contributed by atoms with van der Waals surface area (Å²) < 4.78 is 28.7. The van der Waals surface area contributed by atoms with Gasteiger partial charge in [0.2, 0.25) is 0 Å². The molecule has 56 valence electrons. The van der Waals surface area contributed by atoms with Crippen LogP contribution in [0.3, 0.4) is 0 Å². The molecule has 0 spiro atoms. The summed E-state index contributed by atoms with van der Waals surface area (Å²) in [4.78, 5) is 0. The van der Waals surface area contributed by atoms with E-state index in [0.717, 1.165) is 0 Å². The second kappa shape index (κ2) is 3.11. The molecule has 0 rings (SSSR count). The lowest BCUT2D eigenvalue weighted by Crippen LogP contribution is -2.40. The summed E-state index contributed by atoms with van der Waals surface area (Å²) in [6.07, 6.45) is 0. The van der Waals surface area contributed by atoms with Crippen molar-refractivity contribution in [3.8, 4) is 0 Å². The third-order valence-corrected chi connectivity index (χ3v) is 2.04. The Labute approximate surface area is 54.0 Å². The van der Waals surface area contributed by atoms with E-state index in [2.05, 4.69) is 5.32 Å². The predicted molar refractivity (Wildman–Crippen MR) is 33.5 cm³/mol. The van der Waals surface area contributed by atoms with Crippen LogP contribution in [0.1, 0.15) is 0 Å². The SMILES string of the molecule is CNC(CN)S(=O)(=O)O. The summed E-state index contributed by atoms with van der Waals surface area (Å²) in [6, 6.07) is 0. The molecule has 9 heavy (non-hydrogen) atoms. The van der Waals surface area contributed by atoms with Gasteiger partial charge in [-0.15, -0.1) is 0 Å². The number of nitrogens with two attached hydrogens (primary N) is 1. The third kappa shape index (κ3) is 2.75. The van der Waals surface area contributed by atoms with Crippen LogP contribution in [0.25, 0.3) is 0 Å². The van der Waals surface area contributed by atoms with E-state index in [1.165, 1.54) is 7.05 Å². The largest absolute Gasteiger partial charge is 0.328 e. The van der Waals surface area contributed by atoms with E-state index in [-0.39, 0.29) is 6.54 Å². The highest BCUT2D eigenvalue weighted by molar-refractivity contribution is 7.86. The van der Waals surface area contributed by atoms with Crippen molar-refractivity contribution in [1.82, 2.24) is 5.32 Å². The summed E-state index contributed by atoms with van der Waals surface area (Å²) in [5, 5.41) is 1.28. The first-order chi connectivity index (χ1) is 4.02.